The van der Waals surface area contributed by atoms with Gasteiger partial charge < -0.3 is 9.47 Å². The molecule has 0 aliphatic heterocycles. The number of benzene rings is 2. The summed E-state index contributed by atoms with van der Waals surface area (Å²) in [5, 5.41) is 0. The zero-order valence-electron chi connectivity index (χ0n) is 12.6. The van der Waals surface area contributed by atoms with Gasteiger partial charge >= 0.3 is 0 Å². The Hall–Kier alpha value is -1.58. The van der Waals surface area contributed by atoms with Gasteiger partial charge in [0.15, 0.2) is 0 Å². The van der Waals surface area contributed by atoms with Crippen molar-refractivity contribution in [3.8, 4) is 5.75 Å². The van der Waals surface area contributed by atoms with Crippen molar-refractivity contribution in [2.75, 3.05) is 6.61 Å². The summed E-state index contributed by atoms with van der Waals surface area (Å²) in [6, 6.07) is 18.0. The Morgan fingerprint density at radius 2 is 1.77 bits per heavy atom. The van der Waals surface area contributed by atoms with Crippen LogP contribution < -0.4 is 4.74 Å². The molecule has 22 heavy (non-hydrogen) atoms. The number of rotatable bonds is 9. The zero-order valence-corrected chi connectivity index (χ0v) is 14.2. The van der Waals surface area contributed by atoms with Crippen molar-refractivity contribution in [3.05, 3.63) is 77.3 Å². The van der Waals surface area contributed by atoms with Crippen LogP contribution >= 0.6 is 15.9 Å². The standard InChI is InChI=1S/C19H21BrO2/c1-2-3-7-19(15-22-18-8-5-4-6-9-18)21-14-16-10-12-17(20)13-11-16/h2,4-6,8-13,19H,1,3,7,14-15H2. The summed E-state index contributed by atoms with van der Waals surface area (Å²) < 4.78 is 12.9. The Balaban J connectivity index is 1.85. The lowest BCUT2D eigenvalue weighted by molar-refractivity contribution is 0.00520. The molecule has 1 unspecified atom stereocenters. The largest absolute Gasteiger partial charge is 0.491 e. The number of allylic oxidation sites excluding steroid dienone is 1. The molecule has 2 aromatic carbocycles. The number of ether oxygens (including phenoxy) is 2. The fourth-order valence-corrected chi connectivity index (χ4v) is 2.28. The minimum atomic E-state index is 0.0573. The van der Waals surface area contributed by atoms with Crippen molar-refractivity contribution in [1.82, 2.24) is 0 Å². The summed E-state index contributed by atoms with van der Waals surface area (Å²) >= 11 is 3.44. The lowest BCUT2D eigenvalue weighted by atomic mass is 10.2. The van der Waals surface area contributed by atoms with Crippen LogP contribution in [0.5, 0.6) is 5.75 Å². The van der Waals surface area contributed by atoms with Crippen LogP contribution in [0.3, 0.4) is 0 Å². The molecule has 0 radical (unpaired) electrons. The SMILES string of the molecule is C=CCCC(COc1ccccc1)OCc1ccc(Br)cc1. The van der Waals surface area contributed by atoms with E-state index in [1.54, 1.807) is 0 Å². The highest BCUT2D eigenvalue weighted by Gasteiger charge is 2.10. The Labute approximate surface area is 140 Å². The molecule has 0 amide bonds. The molecule has 0 aliphatic rings. The first-order valence-electron chi connectivity index (χ1n) is 7.42. The summed E-state index contributed by atoms with van der Waals surface area (Å²) in [5.41, 5.74) is 1.16. The van der Waals surface area contributed by atoms with E-state index in [9.17, 15) is 0 Å². The first-order valence-corrected chi connectivity index (χ1v) is 8.22. The van der Waals surface area contributed by atoms with Crippen LogP contribution in [-0.2, 0) is 11.3 Å². The van der Waals surface area contributed by atoms with Crippen molar-refractivity contribution in [3.63, 3.8) is 0 Å². The monoisotopic (exact) mass is 360 g/mol. The first kappa shape index (κ1) is 16.8. The third-order valence-electron chi connectivity index (χ3n) is 3.27. The van der Waals surface area contributed by atoms with E-state index in [1.165, 1.54) is 0 Å². The molecular formula is C19H21BrO2. The van der Waals surface area contributed by atoms with Crippen LogP contribution in [0.15, 0.2) is 71.7 Å². The van der Waals surface area contributed by atoms with Gasteiger partial charge in [0.2, 0.25) is 0 Å². The quantitative estimate of drug-likeness (QED) is 0.559. The molecule has 0 saturated heterocycles. The van der Waals surface area contributed by atoms with Crippen LogP contribution in [0.1, 0.15) is 18.4 Å². The van der Waals surface area contributed by atoms with E-state index in [0.29, 0.717) is 13.2 Å². The summed E-state index contributed by atoms with van der Waals surface area (Å²) in [4.78, 5) is 0. The van der Waals surface area contributed by atoms with Crippen molar-refractivity contribution in [1.29, 1.82) is 0 Å². The maximum atomic E-state index is 6.00. The molecule has 0 heterocycles. The molecule has 2 aromatic rings. The number of para-hydroxylation sites is 1. The van der Waals surface area contributed by atoms with E-state index in [-0.39, 0.29) is 6.10 Å². The smallest absolute Gasteiger partial charge is 0.119 e. The molecule has 2 nitrogen and oxygen atoms in total. The molecule has 0 N–H and O–H groups in total. The Morgan fingerprint density at radius 1 is 1.05 bits per heavy atom. The summed E-state index contributed by atoms with van der Waals surface area (Å²) in [6.45, 7) is 4.92. The molecule has 0 saturated carbocycles. The highest BCUT2D eigenvalue weighted by molar-refractivity contribution is 9.10. The predicted octanol–water partition coefficient (Wildman–Crippen LogP) is 5.38. The third-order valence-corrected chi connectivity index (χ3v) is 3.80. The van der Waals surface area contributed by atoms with Gasteiger partial charge in [-0.3, -0.25) is 0 Å². The lowest BCUT2D eigenvalue weighted by Gasteiger charge is -2.18. The second-order valence-electron chi connectivity index (χ2n) is 5.05. The molecule has 2 rings (SSSR count). The highest BCUT2D eigenvalue weighted by atomic mass is 79.9. The third kappa shape index (κ3) is 6.04. The fraction of sp³-hybridized carbons (Fsp3) is 0.263. The van der Waals surface area contributed by atoms with Gasteiger partial charge in [-0.25, -0.2) is 0 Å². The van der Waals surface area contributed by atoms with Gasteiger partial charge in [-0.2, -0.15) is 0 Å². The number of hydrogen-bond acceptors (Lipinski definition) is 2. The lowest BCUT2D eigenvalue weighted by Crippen LogP contribution is -2.21. The molecule has 0 aliphatic carbocycles. The molecule has 0 spiro atoms. The van der Waals surface area contributed by atoms with Gasteiger partial charge in [-0.1, -0.05) is 52.3 Å². The number of hydrogen-bond donors (Lipinski definition) is 0. The van der Waals surface area contributed by atoms with Gasteiger partial charge in [0.05, 0.1) is 12.7 Å². The van der Waals surface area contributed by atoms with Gasteiger partial charge in [0, 0.05) is 4.47 Å². The van der Waals surface area contributed by atoms with Crippen LogP contribution in [0.2, 0.25) is 0 Å². The van der Waals surface area contributed by atoms with E-state index in [0.717, 1.165) is 28.6 Å². The predicted molar refractivity (Wildman–Crippen MR) is 94.1 cm³/mol. The first-order chi connectivity index (χ1) is 10.8. The van der Waals surface area contributed by atoms with Gasteiger partial charge in [-0.15, -0.1) is 6.58 Å². The van der Waals surface area contributed by atoms with Gasteiger partial charge in [-0.05, 0) is 42.7 Å². The fourth-order valence-electron chi connectivity index (χ4n) is 2.02. The van der Waals surface area contributed by atoms with E-state index in [2.05, 4.69) is 34.6 Å². The zero-order chi connectivity index (χ0) is 15.6. The molecule has 0 fully saturated rings. The Morgan fingerprint density at radius 3 is 2.45 bits per heavy atom. The Bertz CT molecular complexity index is 551. The second-order valence-corrected chi connectivity index (χ2v) is 5.97. The van der Waals surface area contributed by atoms with Crippen molar-refractivity contribution in [2.45, 2.75) is 25.6 Å². The minimum absolute atomic E-state index is 0.0573. The van der Waals surface area contributed by atoms with Crippen LogP contribution in [0.25, 0.3) is 0 Å². The van der Waals surface area contributed by atoms with Crippen LogP contribution in [0.4, 0.5) is 0 Å². The molecule has 0 aromatic heterocycles. The Kier molecular flexibility index (Phi) is 7.20. The van der Waals surface area contributed by atoms with Crippen molar-refractivity contribution >= 4 is 15.9 Å². The summed E-state index contributed by atoms with van der Waals surface area (Å²) in [5.74, 6) is 0.873. The van der Waals surface area contributed by atoms with Crippen molar-refractivity contribution < 1.29 is 9.47 Å². The average Bonchev–Trinajstić information content (AvgIpc) is 2.56. The summed E-state index contributed by atoms with van der Waals surface area (Å²) in [6.07, 6.45) is 3.80. The molecular weight excluding hydrogens is 340 g/mol. The van der Waals surface area contributed by atoms with Gasteiger partial charge in [0.1, 0.15) is 12.4 Å². The second kappa shape index (κ2) is 9.44. The molecule has 3 heteroatoms. The summed E-state index contributed by atoms with van der Waals surface area (Å²) in [7, 11) is 0. The van der Waals surface area contributed by atoms with E-state index < -0.39 is 0 Å². The highest BCUT2D eigenvalue weighted by Crippen LogP contribution is 2.15. The topological polar surface area (TPSA) is 18.5 Å². The van der Waals surface area contributed by atoms with Crippen molar-refractivity contribution in [2.24, 2.45) is 0 Å². The molecule has 1 atom stereocenters. The van der Waals surface area contributed by atoms with Crippen LogP contribution in [0, 0.1) is 0 Å². The average molecular weight is 361 g/mol. The van der Waals surface area contributed by atoms with E-state index in [4.69, 9.17) is 9.47 Å². The normalized spacial score (nSPS) is 11.9. The minimum Gasteiger partial charge on any atom is -0.491 e. The van der Waals surface area contributed by atoms with E-state index in [1.807, 2.05) is 48.5 Å². The number of halogens is 1. The molecule has 0 bridgehead atoms. The maximum absolute atomic E-state index is 6.00. The maximum Gasteiger partial charge on any atom is 0.119 e. The van der Waals surface area contributed by atoms with E-state index >= 15 is 0 Å². The molecule has 116 valence electrons. The van der Waals surface area contributed by atoms with Crippen LogP contribution in [-0.4, -0.2) is 12.7 Å². The van der Waals surface area contributed by atoms with Gasteiger partial charge in [0.25, 0.3) is 0 Å².